The second kappa shape index (κ2) is 5.05. The minimum atomic E-state index is -1.59. The largest absolute Gasteiger partial charge is 0.478 e. The molecule has 2 N–H and O–H groups in total. The number of halogens is 3. The van der Waals surface area contributed by atoms with E-state index in [4.69, 9.17) is 9.52 Å². The number of rotatable bonds is 4. The Kier molecular flexibility index (Phi) is 3.46. The van der Waals surface area contributed by atoms with Crippen molar-refractivity contribution in [3.8, 4) is 0 Å². The van der Waals surface area contributed by atoms with Crippen LogP contribution < -0.4 is 5.32 Å². The molecule has 19 heavy (non-hydrogen) atoms. The van der Waals surface area contributed by atoms with Crippen LogP contribution in [0.3, 0.4) is 0 Å². The number of furan rings is 1. The highest BCUT2D eigenvalue weighted by atomic mass is 19.2. The number of aromatic carboxylic acids is 1. The average Bonchev–Trinajstić information content (AvgIpc) is 2.84. The maximum atomic E-state index is 13.3. The number of hydrogen-bond donors (Lipinski definition) is 2. The summed E-state index contributed by atoms with van der Waals surface area (Å²) in [6, 6.07) is 3.01. The SMILES string of the molecule is O=C(O)c1ccoc1CNc1ccc(F)c(F)c1F. The molecule has 0 aliphatic carbocycles. The highest BCUT2D eigenvalue weighted by Gasteiger charge is 2.16. The number of carboxylic acids is 1. The van der Waals surface area contributed by atoms with E-state index < -0.39 is 23.4 Å². The predicted molar refractivity (Wildman–Crippen MR) is 59.3 cm³/mol. The topological polar surface area (TPSA) is 62.5 Å². The van der Waals surface area contributed by atoms with Gasteiger partial charge < -0.3 is 14.8 Å². The Labute approximate surface area is 105 Å². The van der Waals surface area contributed by atoms with Crippen LogP contribution in [0.1, 0.15) is 16.1 Å². The predicted octanol–water partition coefficient (Wildman–Crippen LogP) is 3.01. The first-order valence-corrected chi connectivity index (χ1v) is 5.17. The van der Waals surface area contributed by atoms with Gasteiger partial charge in [0, 0.05) is 0 Å². The molecule has 0 amide bonds. The van der Waals surface area contributed by atoms with Crippen molar-refractivity contribution in [3.63, 3.8) is 0 Å². The quantitative estimate of drug-likeness (QED) is 0.839. The fourth-order valence-electron chi connectivity index (χ4n) is 1.51. The summed E-state index contributed by atoms with van der Waals surface area (Å²) in [7, 11) is 0. The lowest BCUT2D eigenvalue weighted by Gasteiger charge is -2.07. The molecule has 0 saturated carbocycles. The summed E-state index contributed by atoms with van der Waals surface area (Å²) < 4.78 is 43.9. The smallest absolute Gasteiger partial charge is 0.339 e. The van der Waals surface area contributed by atoms with Crippen LogP contribution in [0.25, 0.3) is 0 Å². The third kappa shape index (κ3) is 2.54. The van der Waals surface area contributed by atoms with Crippen molar-refractivity contribution in [1.82, 2.24) is 0 Å². The Morgan fingerprint density at radius 3 is 2.63 bits per heavy atom. The summed E-state index contributed by atoms with van der Waals surface area (Å²) in [5, 5.41) is 11.3. The molecule has 1 aromatic carbocycles. The molecule has 1 heterocycles. The summed E-state index contributed by atoms with van der Waals surface area (Å²) in [4.78, 5) is 10.8. The van der Waals surface area contributed by atoms with Gasteiger partial charge in [0.2, 0.25) is 0 Å². The van der Waals surface area contributed by atoms with E-state index in [1.807, 2.05) is 0 Å². The third-order valence-electron chi connectivity index (χ3n) is 2.45. The molecule has 0 bridgehead atoms. The van der Waals surface area contributed by atoms with E-state index in [9.17, 15) is 18.0 Å². The van der Waals surface area contributed by atoms with E-state index >= 15 is 0 Å². The molecule has 100 valence electrons. The van der Waals surface area contributed by atoms with Crippen LogP contribution in [-0.2, 0) is 6.54 Å². The Morgan fingerprint density at radius 1 is 1.21 bits per heavy atom. The van der Waals surface area contributed by atoms with Gasteiger partial charge in [-0.25, -0.2) is 18.0 Å². The molecule has 0 radical (unpaired) electrons. The maximum Gasteiger partial charge on any atom is 0.339 e. The standard InChI is InChI=1S/C12H8F3NO3/c13-7-1-2-8(11(15)10(7)14)16-5-9-6(12(17)18)3-4-19-9/h1-4,16H,5H2,(H,17,18). The average molecular weight is 271 g/mol. The molecule has 0 atom stereocenters. The number of hydrogen-bond acceptors (Lipinski definition) is 3. The minimum absolute atomic E-state index is 0.0524. The van der Waals surface area contributed by atoms with Gasteiger partial charge in [-0.3, -0.25) is 0 Å². The molecule has 1 aromatic heterocycles. The molecule has 0 unspecified atom stereocenters. The molecule has 4 nitrogen and oxygen atoms in total. The van der Waals surface area contributed by atoms with Gasteiger partial charge in [-0.1, -0.05) is 0 Å². The van der Waals surface area contributed by atoms with Gasteiger partial charge in [0.15, 0.2) is 17.5 Å². The zero-order chi connectivity index (χ0) is 14.0. The van der Waals surface area contributed by atoms with E-state index in [1.165, 1.54) is 12.3 Å². The monoisotopic (exact) mass is 271 g/mol. The van der Waals surface area contributed by atoms with Crippen LogP contribution >= 0.6 is 0 Å². The minimum Gasteiger partial charge on any atom is -0.478 e. The molecular formula is C12H8F3NO3. The second-order valence-electron chi connectivity index (χ2n) is 3.64. The summed E-state index contributed by atoms with van der Waals surface area (Å²) in [5.74, 6) is -5.41. The molecule has 0 aliphatic heterocycles. The summed E-state index contributed by atoms with van der Waals surface area (Å²) in [6.07, 6.45) is 1.17. The number of carbonyl (C=O) groups is 1. The van der Waals surface area contributed by atoms with Gasteiger partial charge in [0.05, 0.1) is 18.5 Å². The van der Waals surface area contributed by atoms with Gasteiger partial charge in [-0.15, -0.1) is 0 Å². The first-order chi connectivity index (χ1) is 9.00. The fraction of sp³-hybridized carbons (Fsp3) is 0.0833. The van der Waals surface area contributed by atoms with E-state index in [0.717, 1.165) is 12.1 Å². The van der Waals surface area contributed by atoms with Crippen LogP contribution in [0.5, 0.6) is 0 Å². The molecule has 0 fully saturated rings. The van der Waals surface area contributed by atoms with E-state index in [2.05, 4.69) is 5.32 Å². The number of benzene rings is 1. The molecule has 0 saturated heterocycles. The highest BCUT2D eigenvalue weighted by Crippen LogP contribution is 2.21. The van der Waals surface area contributed by atoms with Crippen molar-refractivity contribution in [2.45, 2.75) is 6.54 Å². The van der Waals surface area contributed by atoms with E-state index in [-0.39, 0.29) is 23.6 Å². The van der Waals surface area contributed by atoms with Gasteiger partial charge in [0.25, 0.3) is 0 Å². The third-order valence-corrected chi connectivity index (χ3v) is 2.45. The Balaban J connectivity index is 2.17. The highest BCUT2D eigenvalue weighted by molar-refractivity contribution is 5.88. The molecule has 2 rings (SSSR count). The number of carboxylic acid groups (broad SMARTS) is 1. The molecular weight excluding hydrogens is 263 g/mol. The Hall–Kier alpha value is -2.44. The van der Waals surface area contributed by atoms with E-state index in [1.54, 1.807) is 0 Å². The van der Waals surface area contributed by atoms with E-state index in [0.29, 0.717) is 0 Å². The lowest BCUT2D eigenvalue weighted by atomic mass is 10.2. The normalized spacial score (nSPS) is 10.5. The van der Waals surface area contributed by atoms with Gasteiger partial charge in [-0.2, -0.15) is 0 Å². The fourth-order valence-corrected chi connectivity index (χ4v) is 1.51. The molecule has 0 spiro atoms. The van der Waals surface area contributed by atoms with Crippen molar-refractivity contribution in [2.75, 3.05) is 5.32 Å². The van der Waals surface area contributed by atoms with Crippen molar-refractivity contribution in [3.05, 3.63) is 53.2 Å². The summed E-state index contributed by atoms with van der Waals surface area (Å²) >= 11 is 0. The van der Waals surface area contributed by atoms with Crippen molar-refractivity contribution in [1.29, 1.82) is 0 Å². The Morgan fingerprint density at radius 2 is 1.95 bits per heavy atom. The van der Waals surface area contributed by atoms with Crippen LogP contribution in [0.2, 0.25) is 0 Å². The van der Waals surface area contributed by atoms with Crippen LogP contribution in [-0.4, -0.2) is 11.1 Å². The van der Waals surface area contributed by atoms with Gasteiger partial charge in [0.1, 0.15) is 11.3 Å². The summed E-state index contributed by atoms with van der Waals surface area (Å²) in [6.45, 7) is -0.170. The van der Waals surface area contributed by atoms with Crippen molar-refractivity contribution < 1.29 is 27.5 Å². The number of anilines is 1. The Bertz CT molecular complexity index is 625. The summed E-state index contributed by atoms with van der Waals surface area (Å²) in [5.41, 5.74) is -0.373. The van der Waals surface area contributed by atoms with Gasteiger partial charge >= 0.3 is 5.97 Å². The van der Waals surface area contributed by atoms with Crippen LogP contribution in [0, 0.1) is 17.5 Å². The van der Waals surface area contributed by atoms with Gasteiger partial charge in [-0.05, 0) is 18.2 Å². The molecule has 2 aromatic rings. The molecule has 7 heteroatoms. The number of nitrogens with one attached hydrogen (secondary N) is 1. The molecule has 0 aliphatic rings. The zero-order valence-corrected chi connectivity index (χ0v) is 9.41. The van der Waals surface area contributed by atoms with Crippen LogP contribution in [0.15, 0.2) is 28.9 Å². The maximum absolute atomic E-state index is 13.3. The van der Waals surface area contributed by atoms with Crippen LogP contribution in [0.4, 0.5) is 18.9 Å². The lowest BCUT2D eigenvalue weighted by molar-refractivity contribution is 0.0694. The zero-order valence-electron chi connectivity index (χ0n) is 9.41. The van der Waals surface area contributed by atoms with Crippen molar-refractivity contribution >= 4 is 11.7 Å². The first kappa shape index (κ1) is 13.0. The first-order valence-electron chi connectivity index (χ1n) is 5.17. The lowest BCUT2D eigenvalue weighted by Crippen LogP contribution is -2.07. The second-order valence-corrected chi connectivity index (χ2v) is 3.64. The van der Waals surface area contributed by atoms with Crippen molar-refractivity contribution in [2.24, 2.45) is 0 Å².